The summed E-state index contributed by atoms with van der Waals surface area (Å²) in [5.41, 5.74) is 9.06. The van der Waals surface area contributed by atoms with Gasteiger partial charge in [0, 0.05) is 5.56 Å². The van der Waals surface area contributed by atoms with E-state index < -0.39 is 0 Å². The highest BCUT2D eigenvalue weighted by Gasteiger charge is 2.30. The predicted octanol–water partition coefficient (Wildman–Crippen LogP) is 1.70. The van der Waals surface area contributed by atoms with E-state index in [1.807, 2.05) is 19.1 Å². The van der Waals surface area contributed by atoms with Crippen molar-refractivity contribution in [2.24, 2.45) is 11.7 Å². The number of nitrogens with two attached hydrogens (primary N) is 1. The van der Waals surface area contributed by atoms with Crippen LogP contribution in [0.1, 0.15) is 28.4 Å². The smallest absolute Gasteiger partial charge is 0.180 e. The molecule has 0 radical (unpaired) electrons. The summed E-state index contributed by atoms with van der Waals surface area (Å²) in [6.45, 7) is 4.09. The zero-order valence-corrected chi connectivity index (χ0v) is 8.58. The second-order valence-electron chi connectivity index (χ2n) is 4.17. The average Bonchev–Trinajstić information content (AvgIpc) is 2.17. The molecular formula is C12H15NO. The zero-order valence-electron chi connectivity index (χ0n) is 8.58. The summed E-state index contributed by atoms with van der Waals surface area (Å²) < 4.78 is 0. The van der Waals surface area contributed by atoms with Gasteiger partial charge in [0.05, 0.1) is 6.04 Å². The molecule has 0 saturated carbocycles. The molecule has 1 aromatic carbocycles. The summed E-state index contributed by atoms with van der Waals surface area (Å²) in [6.07, 6.45) is 0.926. The van der Waals surface area contributed by atoms with Gasteiger partial charge in [-0.15, -0.1) is 0 Å². The Hall–Kier alpha value is -1.15. The first-order valence-corrected chi connectivity index (χ1v) is 4.99. The van der Waals surface area contributed by atoms with Gasteiger partial charge in [-0.05, 0) is 30.4 Å². The molecule has 14 heavy (non-hydrogen) atoms. The van der Waals surface area contributed by atoms with Crippen LogP contribution in [0, 0.1) is 12.8 Å². The lowest BCUT2D eigenvalue weighted by molar-refractivity contribution is 0.0922. The fraction of sp³-hybridized carbons (Fsp3) is 0.417. The second kappa shape index (κ2) is 3.21. The maximum absolute atomic E-state index is 11.9. The quantitative estimate of drug-likeness (QED) is 0.675. The monoisotopic (exact) mass is 189 g/mol. The van der Waals surface area contributed by atoms with Gasteiger partial charge in [0.1, 0.15) is 0 Å². The van der Waals surface area contributed by atoms with Crippen LogP contribution in [0.25, 0.3) is 0 Å². The van der Waals surface area contributed by atoms with E-state index in [1.54, 1.807) is 0 Å². The number of ketones is 1. The SMILES string of the molecule is Cc1cccc2c1CC(C)C(N)C2=O. The van der Waals surface area contributed by atoms with Crippen LogP contribution in [0.2, 0.25) is 0 Å². The minimum atomic E-state index is -0.315. The Balaban J connectivity index is 2.56. The fourth-order valence-corrected chi connectivity index (χ4v) is 2.09. The minimum absolute atomic E-state index is 0.0995. The molecule has 74 valence electrons. The van der Waals surface area contributed by atoms with E-state index in [9.17, 15) is 4.79 Å². The van der Waals surface area contributed by atoms with Gasteiger partial charge in [0.25, 0.3) is 0 Å². The maximum Gasteiger partial charge on any atom is 0.180 e. The van der Waals surface area contributed by atoms with Crippen LogP contribution in [0.3, 0.4) is 0 Å². The summed E-state index contributed by atoms with van der Waals surface area (Å²) in [5, 5.41) is 0. The third kappa shape index (κ3) is 1.26. The van der Waals surface area contributed by atoms with Gasteiger partial charge in [0.15, 0.2) is 5.78 Å². The standard InChI is InChI=1S/C12H15NO/c1-7-4-3-5-9-10(7)6-8(2)11(13)12(9)14/h3-5,8,11H,6,13H2,1-2H3. The topological polar surface area (TPSA) is 43.1 Å². The second-order valence-corrected chi connectivity index (χ2v) is 4.17. The van der Waals surface area contributed by atoms with Crippen molar-refractivity contribution in [3.05, 3.63) is 34.9 Å². The normalized spacial score (nSPS) is 26.1. The van der Waals surface area contributed by atoms with E-state index in [0.717, 1.165) is 12.0 Å². The van der Waals surface area contributed by atoms with E-state index in [0.29, 0.717) is 0 Å². The van der Waals surface area contributed by atoms with Gasteiger partial charge in [-0.3, -0.25) is 4.79 Å². The molecule has 2 N–H and O–H groups in total. The van der Waals surface area contributed by atoms with E-state index in [4.69, 9.17) is 5.73 Å². The molecule has 1 aliphatic carbocycles. The number of hydrogen-bond donors (Lipinski definition) is 1. The van der Waals surface area contributed by atoms with Crippen LogP contribution >= 0.6 is 0 Å². The summed E-state index contributed by atoms with van der Waals surface area (Å²) in [5.74, 6) is 0.360. The Morgan fingerprint density at radius 3 is 2.86 bits per heavy atom. The molecule has 2 nitrogen and oxygen atoms in total. The molecule has 2 atom stereocenters. The van der Waals surface area contributed by atoms with Crippen molar-refractivity contribution >= 4 is 5.78 Å². The van der Waals surface area contributed by atoms with Crippen molar-refractivity contribution in [3.63, 3.8) is 0 Å². The molecule has 1 aliphatic rings. The van der Waals surface area contributed by atoms with Gasteiger partial charge in [0.2, 0.25) is 0 Å². The third-order valence-corrected chi connectivity index (χ3v) is 3.12. The highest BCUT2D eigenvalue weighted by Crippen LogP contribution is 2.26. The number of carbonyl (C=O) groups is 1. The van der Waals surface area contributed by atoms with Crippen LogP contribution in [0.5, 0.6) is 0 Å². The van der Waals surface area contributed by atoms with Gasteiger partial charge in [-0.2, -0.15) is 0 Å². The van der Waals surface area contributed by atoms with Crippen molar-refractivity contribution < 1.29 is 4.79 Å². The van der Waals surface area contributed by atoms with E-state index in [1.165, 1.54) is 11.1 Å². The number of carbonyl (C=O) groups excluding carboxylic acids is 1. The summed E-state index contributed by atoms with van der Waals surface area (Å²) in [6, 6.07) is 5.55. The van der Waals surface area contributed by atoms with Crippen LogP contribution in [-0.2, 0) is 6.42 Å². The molecule has 0 heterocycles. The van der Waals surface area contributed by atoms with Crippen molar-refractivity contribution in [1.82, 2.24) is 0 Å². The minimum Gasteiger partial charge on any atom is -0.321 e. The summed E-state index contributed by atoms with van der Waals surface area (Å²) in [7, 11) is 0. The number of benzene rings is 1. The molecule has 0 fully saturated rings. The fourth-order valence-electron chi connectivity index (χ4n) is 2.09. The lowest BCUT2D eigenvalue weighted by atomic mass is 9.79. The molecule has 0 saturated heterocycles. The summed E-state index contributed by atoms with van der Waals surface area (Å²) in [4.78, 5) is 11.9. The van der Waals surface area contributed by atoms with Gasteiger partial charge in [-0.1, -0.05) is 25.1 Å². The summed E-state index contributed by atoms with van der Waals surface area (Å²) >= 11 is 0. The highest BCUT2D eigenvalue weighted by molar-refractivity contribution is 6.02. The number of fused-ring (bicyclic) bond motifs is 1. The molecule has 2 rings (SSSR count). The van der Waals surface area contributed by atoms with Gasteiger partial charge >= 0.3 is 0 Å². The molecule has 0 spiro atoms. The Bertz CT molecular complexity index is 384. The largest absolute Gasteiger partial charge is 0.321 e. The van der Waals surface area contributed by atoms with Crippen LogP contribution < -0.4 is 5.73 Å². The molecule has 0 bridgehead atoms. The molecule has 1 aromatic rings. The highest BCUT2D eigenvalue weighted by atomic mass is 16.1. The Kier molecular flexibility index (Phi) is 2.16. The number of aryl methyl sites for hydroxylation is 1. The first-order chi connectivity index (χ1) is 6.61. The lowest BCUT2D eigenvalue weighted by Crippen LogP contribution is -2.42. The number of rotatable bonds is 0. The third-order valence-electron chi connectivity index (χ3n) is 3.12. The molecule has 0 aliphatic heterocycles. The lowest BCUT2D eigenvalue weighted by Gasteiger charge is -2.27. The van der Waals surface area contributed by atoms with Crippen LogP contribution in [0.4, 0.5) is 0 Å². The zero-order chi connectivity index (χ0) is 10.3. The van der Waals surface area contributed by atoms with E-state index in [-0.39, 0.29) is 17.7 Å². The Morgan fingerprint density at radius 2 is 2.14 bits per heavy atom. The molecule has 2 unspecified atom stereocenters. The van der Waals surface area contributed by atoms with E-state index in [2.05, 4.69) is 13.0 Å². The Labute approximate surface area is 84.1 Å². The van der Waals surface area contributed by atoms with Crippen molar-refractivity contribution in [3.8, 4) is 0 Å². The van der Waals surface area contributed by atoms with Gasteiger partial charge in [-0.25, -0.2) is 0 Å². The van der Waals surface area contributed by atoms with Crippen LogP contribution in [-0.4, -0.2) is 11.8 Å². The number of hydrogen-bond acceptors (Lipinski definition) is 2. The first kappa shape index (κ1) is 9.41. The van der Waals surface area contributed by atoms with Crippen molar-refractivity contribution in [2.45, 2.75) is 26.3 Å². The molecular weight excluding hydrogens is 174 g/mol. The maximum atomic E-state index is 11.9. The van der Waals surface area contributed by atoms with E-state index >= 15 is 0 Å². The molecule has 0 aromatic heterocycles. The van der Waals surface area contributed by atoms with Crippen LogP contribution in [0.15, 0.2) is 18.2 Å². The van der Waals surface area contributed by atoms with Gasteiger partial charge < -0.3 is 5.73 Å². The first-order valence-electron chi connectivity index (χ1n) is 4.99. The predicted molar refractivity (Wildman–Crippen MR) is 56.4 cm³/mol. The Morgan fingerprint density at radius 1 is 1.43 bits per heavy atom. The molecule has 2 heteroatoms. The average molecular weight is 189 g/mol. The van der Waals surface area contributed by atoms with Crippen molar-refractivity contribution in [2.75, 3.05) is 0 Å². The molecule has 0 amide bonds. The van der Waals surface area contributed by atoms with Crippen molar-refractivity contribution in [1.29, 1.82) is 0 Å². The number of Topliss-reactive ketones (excluding diaryl/α,β-unsaturated/α-hetero) is 1.